The molecular formula is C12H18N2. The fourth-order valence-corrected chi connectivity index (χ4v) is 2.33. The molecule has 0 amide bonds. The second-order valence-corrected chi connectivity index (χ2v) is 4.32. The first-order chi connectivity index (χ1) is 6.75. The van der Waals surface area contributed by atoms with Crippen molar-refractivity contribution < 1.29 is 0 Å². The number of hydrogen-bond donors (Lipinski definition) is 1. The summed E-state index contributed by atoms with van der Waals surface area (Å²) in [6.07, 6.45) is 1.12. The average molecular weight is 190 g/mol. The van der Waals surface area contributed by atoms with Crippen molar-refractivity contribution in [3.8, 4) is 0 Å². The molecule has 1 heterocycles. The standard InChI is InChI=1S/C12H18N2/c1-14-8-11(7-12(13)9-14)10-5-3-2-4-6-10/h2-6,11-12H,7-9,13H2,1H3/t11-,12+/m1/s1. The van der Waals surface area contributed by atoms with Crippen molar-refractivity contribution in [3.63, 3.8) is 0 Å². The van der Waals surface area contributed by atoms with E-state index in [0.717, 1.165) is 19.5 Å². The van der Waals surface area contributed by atoms with E-state index in [1.807, 2.05) is 0 Å². The Hall–Kier alpha value is -0.860. The van der Waals surface area contributed by atoms with Crippen LogP contribution < -0.4 is 5.73 Å². The molecule has 14 heavy (non-hydrogen) atoms. The minimum Gasteiger partial charge on any atom is -0.327 e. The second-order valence-electron chi connectivity index (χ2n) is 4.32. The van der Waals surface area contributed by atoms with Gasteiger partial charge in [-0.15, -0.1) is 0 Å². The zero-order chi connectivity index (χ0) is 9.97. The molecule has 1 aliphatic heterocycles. The summed E-state index contributed by atoms with van der Waals surface area (Å²) in [7, 11) is 2.15. The van der Waals surface area contributed by atoms with Crippen molar-refractivity contribution in [1.82, 2.24) is 4.90 Å². The Morgan fingerprint density at radius 1 is 1.21 bits per heavy atom. The molecule has 76 valence electrons. The van der Waals surface area contributed by atoms with E-state index < -0.39 is 0 Å². The molecule has 2 atom stereocenters. The third-order valence-electron chi connectivity index (χ3n) is 2.94. The predicted molar refractivity (Wildman–Crippen MR) is 59.3 cm³/mol. The Morgan fingerprint density at radius 3 is 2.57 bits per heavy atom. The maximum Gasteiger partial charge on any atom is 0.0174 e. The van der Waals surface area contributed by atoms with Crippen molar-refractivity contribution in [2.24, 2.45) is 5.73 Å². The first-order valence-electron chi connectivity index (χ1n) is 5.25. The van der Waals surface area contributed by atoms with Gasteiger partial charge in [0.2, 0.25) is 0 Å². The zero-order valence-electron chi connectivity index (χ0n) is 8.69. The van der Waals surface area contributed by atoms with E-state index in [0.29, 0.717) is 12.0 Å². The third-order valence-corrected chi connectivity index (χ3v) is 2.94. The molecule has 1 fully saturated rings. The molecule has 1 aromatic rings. The Kier molecular flexibility index (Phi) is 2.85. The van der Waals surface area contributed by atoms with Crippen LogP contribution in [-0.2, 0) is 0 Å². The quantitative estimate of drug-likeness (QED) is 0.726. The van der Waals surface area contributed by atoms with Gasteiger partial charge >= 0.3 is 0 Å². The second kappa shape index (κ2) is 4.11. The molecule has 2 nitrogen and oxygen atoms in total. The number of likely N-dealkylation sites (tertiary alicyclic amines) is 1. The summed E-state index contributed by atoms with van der Waals surface area (Å²) in [6, 6.07) is 11.0. The number of piperidine rings is 1. The summed E-state index contributed by atoms with van der Waals surface area (Å²) in [5, 5.41) is 0. The molecule has 2 rings (SSSR count). The van der Waals surface area contributed by atoms with Crippen molar-refractivity contribution in [1.29, 1.82) is 0 Å². The van der Waals surface area contributed by atoms with Gasteiger partial charge in [0.15, 0.2) is 0 Å². The molecule has 0 radical (unpaired) electrons. The lowest BCUT2D eigenvalue weighted by Crippen LogP contribution is -2.44. The number of nitrogens with zero attached hydrogens (tertiary/aromatic N) is 1. The van der Waals surface area contributed by atoms with E-state index in [-0.39, 0.29) is 0 Å². The van der Waals surface area contributed by atoms with Crippen molar-refractivity contribution in [2.75, 3.05) is 20.1 Å². The van der Waals surface area contributed by atoms with Crippen LogP contribution in [0.2, 0.25) is 0 Å². The molecule has 0 spiro atoms. The van der Waals surface area contributed by atoms with Gasteiger partial charge in [-0.05, 0) is 24.9 Å². The van der Waals surface area contributed by atoms with E-state index in [4.69, 9.17) is 5.73 Å². The molecule has 1 aromatic carbocycles. The van der Waals surface area contributed by atoms with Gasteiger partial charge < -0.3 is 10.6 Å². The van der Waals surface area contributed by atoms with Crippen LogP contribution >= 0.6 is 0 Å². The van der Waals surface area contributed by atoms with Crippen molar-refractivity contribution in [2.45, 2.75) is 18.4 Å². The number of benzene rings is 1. The monoisotopic (exact) mass is 190 g/mol. The fourth-order valence-electron chi connectivity index (χ4n) is 2.33. The lowest BCUT2D eigenvalue weighted by atomic mass is 9.89. The summed E-state index contributed by atoms with van der Waals surface area (Å²) < 4.78 is 0. The Labute approximate surface area is 85.7 Å². The Bertz CT molecular complexity index is 274. The van der Waals surface area contributed by atoms with Crippen LogP contribution in [0.25, 0.3) is 0 Å². The molecule has 0 unspecified atom stereocenters. The number of likely N-dealkylation sites (N-methyl/N-ethyl adjacent to an activating group) is 1. The maximum absolute atomic E-state index is 6.01. The fraction of sp³-hybridized carbons (Fsp3) is 0.500. The van der Waals surface area contributed by atoms with Gasteiger partial charge in [0.05, 0.1) is 0 Å². The SMILES string of the molecule is CN1C[C@@H](N)C[C@@H](c2ccccc2)C1. The van der Waals surface area contributed by atoms with Gasteiger partial charge in [0.25, 0.3) is 0 Å². The highest BCUT2D eigenvalue weighted by Gasteiger charge is 2.23. The summed E-state index contributed by atoms with van der Waals surface area (Å²) in [4.78, 5) is 2.33. The highest BCUT2D eigenvalue weighted by atomic mass is 15.1. The Balaban J connectivity index is 2.11. The van der Waals surface area contributed by atoms with E-state index in [1.165, 1.54) is 5.56 Å². The van der Waals surface area contributed by atoms with E-state index in [1.54, 1.807) is 0 Å². The Morgan fingerprint density at radius 2 is 1.93 bits per heavy atom. The summed E-state index contributed by atoms with van der Waals surface area (Å²) in [5.74, 6) is 0.616. The molecular weight excluding hydrogens is 172 g/mol. The largest absolute Gasteiger partial charge is 0.327 e. The molecule has 1 aliphatic rings. The van der Waals surface area contributed by atoms with Gasteiger partial charge in [0, 0.05) is 19.1 Å². The predicted octanol–water partition coefficient (Wildman–Crippen LogP) is 1.43. The molecule has 1 saturated heterocycles. The topological polar surface area (TPSA) is 29.3 Å². The van der Waals surface area contributed by atoms with Crippen LogP contribution in [-0.4, -0.2) is 31.1 Å². The highest BCUT2D eigenvalue weighted by Crippen LogP contribution is 2.25. The molecule has 2 heteroatoms. The lowest BCUT2D eigenvalue weighted by molar-refractivity contribution is 0.227. The summed E-state index contributed by atoms with van der Waals surface area (Å²) in [5.41, 5.74) is 7.44. The molecule has 0 aliphatic carbocycles. The van der Waals surface area contributed by atoms with Gasteiger partial charge in [-0.1, -0.05) is 30.3 Å². The van der Waals surface area contributed by atoms with E-state index in [2.05, 4.69) is 42.3 Å². The van der Waals surface area contributed by atoms with Gasteiger partial charge in [-0.3, -0.25) is 0 Å². The van der Waals surface area contributed by atoms with Crippen LogP contribution in [0.5, 0.6) is 0 Å². The van der Waals surface area contributed by atoms with Crippen LogP contribution in [0.3, 0.4) is 0 Å². The lowest BCUT2D eigenvalue weighted by Gasteiger charge is -2.34. The van der Waals surface area contributed by atoms with Crippen molar-refractivity contribution in [3.05, 3.63) is 35.9 Å². The third kappa shape index (κ3) is 2.14. The van der Waals surface area contributed by atoms with Crippen LogP contribution in [0.4, 0.5) is 0 Å². The normalized spacial score (nSPS) is 29.0. The summed E-state index contributed by atoms with van der Waals surface area (Å²) >= 11 is 0. The highest BCUT2D eigenvalue weighted by molar-refractivity contribution is 5.20. The molecule has 0 bridgehead atoms. The molecule has 0 saturated carbocycles. The van der Waals surface area contributed by atoms with E-state index in [9.17, 15) is 0 Å². The molecule has 0 aromatic heterocycles. The number of nitrogens with two attached hydrogens (primary N) is 1. The van der Waals surface area contributed by atoms with Crippen molar-refractivity contribution >= 4 is 0 Å². The molecule has 2 N–H and O–H groups in total. The van der Waals surface area contributed by atoms with Crippen LogP contribution in [0, 0.1) is 0 Å². The smallest absolute Gasteiger partial charge is 0.0174 e. The number of hydrogen-bond acceptors (Lipinski definition) is 2. The minimum absolute atomic E-state index is 0.332. The van der Waals surface area contributed by atoms with Crippen LogP contribution in [0.15, 0.2) is 30.3 Å². The summed E-state index contributed by atoms with van der Waals surface area (Å²) in [6.45, 7) is 2.17. The zero-order valence-corrected chi connectivity index (χ0v) is 8.69. The van der Waals surface area contributed by atoms with Gasteiger partial charge in [-0.25, -0.2) is 0 Å². The maximum atomic E-state index is 6.01. The van der Waals surface area contributed by atoms with Crippen LogP contribution in [0.1, 0.15) is 17.9 Å². The average Bonchev–Trinajstić information content (AvgIpc) is 2.18. The van der Waals surface area contributed by atoms with E-state index >= 15 is 0 Å². The van der Waals surface area contributed by atoms with Gasteiger partial charge in [0.1, 0.15) is 0 Å². The first-order valence-corrected chi connectivity index (χ1v) is 5.25. The first kappa shape index (κ1) is 9.69. The number of rotatable bonds is 1. The minimum atomic E-state index is 0.332. The van der Waals surface area contributed by atoms with Gasteiger partial charge in [-0.2, -0.15) is 0 Å².